The van der Waals surface area contributed by atoms with Crippen molar-refractivity contribution >= 4 is 26.0 Å². The highest BCUT2D eigenvalue weighted by Crippen LogP contribution is 2.18. The Hall–Kier alpha value is 0.350. The largest absolute Gasteiger partial charge is 0.374 e. The molecule has 1 heterocycles. The third-order valence-electron chi connectivity index (χ3n) is 2.73. The predicted molar refractivity (Wildman–Crippen MR) is 68.4 cm³/mol. The topological polar surface area (TPSA) is 46.6 Å². The van der Waals surface area contributed by atoms with Gasteiger partial charge in [0.15, 0.2) is 0 Å². The number of nitrogens with zero attached hydrogens (tertiary/aromatic N) is 1. The van der Waals surface area contributed by atoms with Crippen LogP contribution in [0.1, 0.15) is 26.7 Å². The number of halogens is 1. The molecule has 0 aromatic carbocycles. The molecule has 16 heavy (non-hydrogen) atoms. The Morgan fingerprint density at radius 2 is 2.19 bits per heavy atom. The van der Waals surface area contributed by atoms with Crippen LogP contribution in [-0.2, 0) is 14.8 Å². The number of morpholine rings is 1. The Labute approximate surface area is 107 Å². The van der Waals surface area contributed by atoms with E-state index in [0.29, 0.717) is 18.5 Å². The molecule has 0 saturated carbocycles. The molecule has 1 fully saturated rings. The number of rotatable bonds is 5. The lowest BCUT2D eigenvalue weighted by molar-refractivity contribution is -0.0139. The van der Waals surface area contributed by atoms with Gasteiger partial charge in [0.25, 0.3) is 0 Å². The number of ether oxygens (including phenoxy) is 1. The quantitative estimate of drug-likeness (QED) is 0.724. The average Bonchev–Trinajstić information content (AvgIpc) is 2.27. The first-order valence-corrected chi connectivity index (χ1v) is 8.41. The molecule has 96 valence electrons. The van der Waals surface area contributed by atoms with Gasteiger partial charge >= 0.3 is 0 Å². The number of unbranched alkanes of at least 4 members (excludes halogenated alkanes) is 1. The van der Waals surface area contributed by atoms with Crippen molar-refractivity contribution in [3.63, 3.8) is 0 Å². The normalized spacial score (nSPS) is 28.2. The molecule has 0 spiro atoms. The van der Waals surface area contributed by atoms with Crippen LogP contribution in [0.5, 0.6) is 0 Å². The Balaban J connectivity index is 2.68. The summed E-state index contributed by atoms with van der Waals surface area (Å²) in [4.78, 5) is 0. The molecular formula is C10H20BrNO3S. The van der Waals surface area contributed by atoms with Crippen molar-refractivity contribution in [3.8, 4) is 0 Å². The lowest BCUT2D eigenvalue weighted by Gasteiger charge is -2.36. The molecule has 0 aliphatic carbocycles. The molecule has 0 bridgehead atoms. The van der Waals surface area contributed by atoms with E-state index in [-0.39, 0.29) is 17.9 Å². The Morgan fingerprint density at radius 1 is 1.50 bits per heavy atom. The van der Waals surface area contributed by atoms with Crippen LogP contribution in [0, 0.1) is 0 Å². The summed E-state index contributed by atoms with van der Waals surface area (Å²) in [5.74, 6) is 0.253. The first-order chi connectivity index (χ1) is 7.51. The van der Waals surface area contributed by atoms with Gasteiger partial charge < -0.3 is 4.74 Å². The maximum atomic E-state index is 12.1. The maximum absolute atomic E-state index is 12.1. The van der Waals surface area contributed by atoms with Crippen LogP contribution in [0.2, 0.25) is 0 Å². The van der Waals surface area contributed by atoms with Gasteiger partial charge in [-0.25, -0.2) is 8.42 Å². The fourth-order valence-corrected chi connectivity index (χ4v) is 4.00. The van der Waals surface area contributed by atoms with E-state index in [1.807, 2.05) is 13.8 Å². The second kappa shape index (κ2) is 6.33. The zero-order valence-electron chi connectivity index (χ0n) is 9.86. The molecule has 1 rings (SSSR count). The molecule has 2 atom stereocenters. The molecule has 1 aliphatic heterocycles. The highest BCUT2D eigenvalue weighted by molar-refractivity contribution is 9.09. The zero-order chi connectivity index (χ0) is 12.2. The maximum Gasteiger partial charge on any atom is 0.214 e. The molecule has 0 radical (unpaired) electrons. The molecule has 1 aliphatic rings. The van der Waals surface area contributed by atoms with Crippen LogP contribution in [0.3, 0.4) is 0 Å². The average molecular weight is 314 g/mol. The van der Waals surface area contributed by atoms with E-state index >= 15 is 0 Å². The molecule has 0 aromatic heterocycles. The minimum absolute atomic E-state index is 0.0207. The molecular weight excluding hydrogens is 294 g/mol. The third-order valence-corrected chi connectivity index (χ3v) is 5.48. The molecule has 6 heteroatoms. The van der Waals surface area contributed by atoms with Gasteiger partial charge in [0.2, 0.25) is 10.0 Å². The molecule has 2 unspecified atom stereocenters. The smallest absolute Gasteiger partial charge is 0.214 e. The summed E-state index contributed by atoms with van der Waals surface area (Å²) in [6.07, 6.45) is 1.61. The molecule has 0 amide bonds. The van der Waals surface area contributed by atoms with E-state index in [9.17, 15) is 8.42 Å². The van der Waals surface area contributed by atoms with E-state index < -0.39 is 10.0 Å². The lowest BCUT2D eigenvalue weighted by atomic mass is 10.2. The second-order valence-corrected chi connectivity index (χ2v) is 6.89. The minimum atomic E-state index is -3.11. The van der Waals surface area contributed by atoms with Crippen molar-refractivity contribution < 1.29 is 13.2 Å². The van der Waals surface area contributed by atoms with Gasteiger partial charge in [-0.05, 0) is 13.3 Å². The van der Waals surface area contributed by atoms with Gasteiger partial charge in [0.1, 0.15) is 0 Å². The van der Waals surface area contributed by atoms with Crippen molar-refractivity contribution in [3.05, 3.63) is 0 Å². The zero-order valence-corrected chi connectivity index (χ0v) is 12.3. The monoisotopic (exact) mass is 313 g/mol. The SMILES string of the molecule is CCCCS(=O)(=O)N1CC(CBr)OCC1C. The van der Waals surface area contributed by atoms with E-state index in [4.69, 9.17) is 4.74 Å². The standard InChI is InChI=1S/C10H20BrNO3S/c1-3-4-5-16(13,14)12-7-10(6-11)15-8-9(12)2/h9-10H,3-8H2,1-2H3. The van der Waals surface area contributed by atoms with Gasteiger partial charge in [-0.2, -0.15) is 4.31 Å². The fourth-order valence-electron chi connectivity index (χ4n) is 1.72. The van der Waals surface area contributed by atoms with E-state index in [1.54, 1.807) is 4.31 Å². The third kappa shape index (κ3) is 3.68. The highest BCUT2D eigenvalue weighted by atomic mass is 79.9. The van der Waals surface area contributed by atoms with E-state index in [0.717, 1.165) is 12.8 Å². The molecule has 4 nitrogen and oxygen atoms in total. The van der Waals surface area contributed by atoms with Crippen molar-refractivity contribution in [2.75, 3.05) is 24.2 Å². The van der Waals surface area contributed by atoms with Crippen LogP contribution in [0.25, 0.3) is 0 Å². The van der Waals surface area contributed by atoms with Gasteiger partial charge in [-0.1, -0.05) is 29.3 Å². The van der Waals surface area contributed by atoms with Crippen LogP contribution in [0.4, 0.5) is 0 Å². The van der Waals surface area contributed by atoms with Crippen molar-refractivity contribution in [1.82, 2.24) is 4.31 Å². The van der Waals surface area contributed by atoms with E-state index in [2.05, 4.69) is 15.9 Å². The predicted octanol–water partition coefficient (Wildman–Crippen LogP) is 1.60. The Kier molecular flexibility index (Phi) is 5.70. The highest BCUT2D eigenvalue weighted by Gasteiger charge is 2.33. The second-order valence-electron chi connectivity index (χ2n) is 4.20. The van der Waals surface area contributed by atoms with Crippen molar-refractivity contribution in [2.24, 2.45) is 0 Å². The summed E-state index contributed by atoms with van der Waals surface area (Å²) in [6, 6.07) is -0.0443. The Bertz CT molecular complexity index is 307. The summed E-state index contributed by atoms with van der Waals surface area (Å²) in [5, 5.41) is 0.680. The van der Waals surface area contributed by atoms with Crippen LogP contribution >= 0.6 is 15.9 Å². The first kappa shape index (κ1) is 14.4. The van der Waals surface area contributed by atoms with Gasteiger partial charge in [-0.15, -0.1) is 0 Å². The molecule has 0 N–H and O–H groups in total. The summed E-state index contributed by atoms with van der Waals surface area (Å²) in [5.41, 5.74) is 0. The summed E-state index contributed by atoms with van der Waals surface area (Å²) >= 11 is 3.33. The van der Waals surface area contributed by atoms with Gasteiger partial charge in [0, 0.05) is 17.9 Å². The van der Waals surface area contributed by atoms with E-state index in [1.165, 1.54) is 0 Å². The number of sulfonamides is 1. The van der Waals surface area contributed by atoms with Crippen molar-refractivity contribution in [1.29, 1.82) is 0 Å². The Morgan fingerprint density at radius 3 is 2.75 bits per heavy atom. The van der Waals surface area contributed by atoms with Gasteiger partial charge in [-0.3, -0.25) is 0 Å². The summed E-state index contributed by atoms with van der Waals surface area (Å²) in [7, 11) is -3.11. The fraction of sp³-hybridized carbons (Fsp3) is 1.00. The first-order valence-electron chi connectivity index (χ1n) is 5.68. The number of hydrogen-bond acceptors (Lipinski definition) is 3. The van der Waals surface area contributed by atoms with Crippen LogP contribution in [0.15, 0.2) is 0 Å². The van der Waals surface area contributed by atoms with Gasteiger partial charge in [0.05, 0.1) is 18.5 Å². The molecule has 1 saturated heterocycles. The number of hydrogen-bond donors (Lipinski definition) is 0. The molecule has 0 aromatic rings. The van der Waals surface area contributed by atoms with Crippen LogP contribution < -0.4 is 0 Å². The summed E-state index contributed by atoms with van der Waals surface area (Å²) in [6.45, 7) is 4.85. The summed E-state index contributed by atoms with van der Waals surface area (Å²) < 4.78 is 31.3. The van der Waals surface area contributed by atoms with Crippen molar-refractivity contribution in [2.45, 2.75) is 38.8 Å². The number of alkyl halides is 1. The minimum Gasteiger partial charge on any atom is -0.374 e. The lowest BCUT2D eigenvalue weighted by Crippen LogP contribution is -2.52. The van der Waals surface area contributed by atoms with Crippen LogP contribution in [-0.4, -0.2) is 49.1 Å².